The second kappa shape index (κ2) is 9.10. The van der Waals surface area contributed by atoms with E-state index in [-0.39, 0.29) is 17.3 Å². The highest BCUT2D eigenvalue weighted by atomic mass is 32.2. The summed E-state index contributed by atoms with van der Waals surface area (Å²) in [5.41, 5.74) is 2.10. The summed E-state index contributed by atoms with van der Waals surface area (Å²) in [5, 5.41) is 5.90. The maximum Gasteiger partial charge on any atom is 0.380 e. The zero-order valence-corrected chi connectivity index (χ0v) is 18.2. The lowest BCUT2D eigenvalue weighted by atomic mass is 9.80. The largest absolute Gasteiger partial charge is 0.422 e. The van der Waals surface area contributed by atoms with E-state index in [9.17, 15) is 13.2 Å². The van der Waals surface area contributed by atoms with Crippen molar-refractivity contribution >= 4 is 21.3 Å². The van der Waals surface area contributed by atoms with Crippen LogP contribution in [0, 0.1) is 0 Å². The zero-order valence-electron chi connectivity index (χ0n) is 17.4. The van der Waals surface area contributed by atoms with Gasteiger partial charge in [0.1, 0.15) is 11.3 Å². The van der Waals surface area contributed by atoms with Gasteiger partial charge >= 0.3 is 15.9 Å². The molecule has 164 valence electrons. The molecule has 0 bridgehead atoms. The Kier molecular flexibility index (Phi) is 6.48. The molecule has 2 aliphatic rings. The molecule has 0 radical (unpaired) electrons. The number of benzene rings is 1. The van der Waals surface area contributed by atoms with Gasteiger partial charge in [-0.2, -0.15) is 13.6 Å². The smallest absolute Gasteiger partial charge is 0.380 e. The number of nitrogens with two attached hydrogens (primary N) is 1. The van der Waals surface area contributed by atoms with Crippen LogP contribution in [0.2, 0.25) is 0 Å². The Morgan fingerprint density at radius 1 is 0.833 bits per heavy atom. The zero-order chi connectivity index (χ0) is 21.1. The quantitative estimate of drug-likeness (QED) is 0.524. The van der Waals surface area contributed by atoms with Crippen molar-refractivity contribution in [3.63, 3.8) is 0 Å². The topological polar surface area (TPSA) is 99.6 Å². The van der Waals surface area contributed by atoms with Gasteiger partial charge in [-0.25, -0.2) is 4.79 Å². The van der Waals surface area contributed by atoms with Gasteiger partial charge in [-0.05, 0) is 55.2 Å². The fraction of sp³-hybridized carbons (Fsp3) is 0.609. The SMILES string of the molecule is NS(=O)(=O)Oc1ccc2c(C3CCCCCC3)c(C3CCCCCC3)c(=O)oc2c1. The van der Waals surface area contributed by atoms with Crippen LogP contribution < -0.4 is 14.9 Å². The van der Waals surface area contributed by atoms with Gasteiger partial charge in [0, 0.05) is 17.0 Å². The third kappa shape index (κ3) is 4.89. The van der Waals surface area contributed by atoms with E-state index >= 15 is 0 Å². The highest BCUT2D eigenvalue weighted by Gasteiger charge is 2.29. The van der Waals surface area contributed by atoms with Crippen molar-refractivity contribution in [1.29, 1.82) is 0 Å². The lowest BCUT2D eigenvalue weighted by Gasteiger charge is -2.24. The molecule has 2 saturated carbocycles. The summed E-state index contributed by atoms with van der Waals surface area (Å²) in [6.07, 6.45) is 13.8. The summed E-state index contributed by atoms with van der Waals surface area (Å²) in [7, 11) is -4.14. The van der Waals surface area contributed by atoms with E-state index in [4.69, 9.17) is 13.7 Å². The Morgan fingerprint density at radius 2 is 1.37 bits per heavy atom. The Balaban J connectivity index is 1.87. The summed E-state index contributed by atoms with van der Waals surface area (Å²) in [6, 6.07) is 4.90. The summed E-state index contributed by atoms with van der Waals surface area (Å²) in [5.74, 6) is 0.635. The first kappa shape index (κ1) is 21.4. The van der Waals surface area contributed by atoms with Gasteiger partial charge in [0.05, 0.1) is 0 Å². The maximum absolute atomic E-state index is 13.2. The monoisotopic (exact) mass is 433 g/mol. The number of fused-ring (bicyclic) bond motifs is 1. The van der Waals surface area contributed by atoms with Crippen LogP contribution in [0.5, 0.6) is 5.75 Å². The summed E-state index contributed by atoms with van der Waals surface area (Å²) in [4.78, 5) is 13.2. The molecule has 2 fully saturated rings. The summed E-state index contributed by atoms with van der Waals surface area (Å²) in [6.45, 7) is 0. The minimum atomic E-state index is -4.14. The molecule has 0 spiro atoms. The number of hydrogen-bond acceptors (Lipinski definition) is 5. The van der Waals surface area contributed by atoms with Crippen molar-refractivity contribution in [2.45, 2.75) is 88.9 Å². The third-order valence-electron chi connectivity index (χ3n) is 6.70. The Bertz CT molecular complexity index is 1040. The van der Waals surface area contributed by atoms with Crippen LogP contribution in [0.3, 0.4) is 0 Å². The van der Waals surface area contributed by atoms with E-state index in [1.54, 1.807) is 6.07 Å². The molecule has 2 aliphatic carbocycles. The van der Waals surface area contributed by atoms with Crippen molar-refractivity contribution in [2.75, 3.05) is 0 Å². The molecule has 4 rings (SSSR count). The van der Waals surface area contributed by atoms with E-state index in [0.717, 1.165) is 55.0 Å². The number of rotatable bonds is 4. The standard InChI is InChI=1S/C23H31NO5S/c24-30(26,27)29-18-13-14-19-20(15-18)28-23(25)22(17-11-7-3-4-8-12-17)21(19)16-9-5-1-2-6-10-16/h13-17H,1-12H2,(H2,24,26,27). The second-order valence-corrected chi connectivity index (χ2v) is 9.98. The molecule has 0 atom stereocenters. The van der Waals surface area contributed by atoms with Crippen LogP contribution in [-0.4, -0.2) is 8.42 Å². The lowest BCUT2D eigenvalue weighted by Crippen LogP contribution is -2.20. The van der Waals surface area contributed by atoms with Crippen molar-refractivity contribution in [3.8, 4) is 5.75 Å². The van der Waals surface area contributed by atoms with Crippen LogP contribution in [0.4, 0.5) is 0 Å². The molecule has 1 heterocycles. The van der Waals surface area contributed by atoms with Crippen molar-refractivity contribution in [2.24, 2.45) is 5.14 Å². The highest BCUT2D eigenvalue weighted by molar-refractivity contribution is 7.84. The lowest BCUT2D eigenvalue weighted by molar-refractivity contribution is 0.482. The van der Waals surface area contributed by atoms with E-state index < -0.39 is 10.3 Å². The van der Waals surface area contributed by atoms with Crippen molar-refractivity contribution in [1.82, 2.24) is 0 Å². The maximum atomic E-state index is 13.2. The van der Waals surface area contributed by atoms with E-state index in [0.29, 0.717) is 11.5 Å². The number of hydrogen-bond donors (Lipinski definition) is 1. The minimum absolute atomic E-state index is 0.0576. The van der Waals surface area contributed by atoms with Crippen molar-refractivity contribution < 1.29 is 17.0 Å². The average molecular weight is 434 g/mol. The molecule has 1 aromatic heterocycles. The van der Waals surface area contributed by atoms with Gasteiger partial charge < -0.3 is 8.60 Å². The van der Waals surface area contributed by atoms with Crippen LogP contribution in [0.15, 0.2) is 27.4 Å². The van der Waals surface area contributed by atoms with E-state index in [2.05, 4.69) is 0 Å². The van der Waals surface area contributed by atoms with Gasteiger partial charge in [-0.1, -0.05) is 51.4 Å². The predicted molar refractivity (Wildman–Crippen MR) is 117 cm³/mol. The predicted octanol–water partition coefficient (Wildman–Crippen LogP) is 5.25. The molecular weight excluding hydrogens is 402 g/mol. The summed E-state index contributed by atoms with van der Waals surface area (Å²) >= 11 is 0. The van der Waals surface area contributed by atoms with Crippen molar-refractivity contribution in [3.05, 3.63) is 39.7 Å². The molecular formula is C23H31NO5S. The molecule has 30 heavy (non-hydrogen) atoms. The van der Waals surface area contributed by atoms with Crippen LogP contribution >= 0.6 is 0 Å². The Labute approximate surface area is 178 Å². The minimum Gasteiger partial charge on any atom is -0.422 e. The van der Waals surface area contributed by atoms with E-state index in [1.165, 1.54) is 44.6 Å². The van der Waals surface area contributed by atoms with Crippen LogP contribution in [0.25, 0.3) is 11.0 Å². The molecule has 6 nitrogen and oxygen atoms in total. The molecule has 7 heteroatoms. The van der Waals surface area contributed by atoms with Gasteiger partial charge in [-0.15, -0.1) is 0 Å². The Hall–Kier alpha value is -1.86. The molecule has 0 saturated heterocycles. The Morgan fingerprint density at radius 3 is 1.90 bits per heavy atom. The second-order valence-electron chi connectivity index (χ2n) is 8.83. The highest BCUT2D eigenvalue weighted by Crippen LogP contribution is 2.42. The fourth-order valence-corrected chi connectivity index (χ4v) is 5.74. The van der Waals surface area contributed by atoms with Crippen LogP contribution in [0.1, 0.15) is 100 Å². The first-order valence-corrected chi connectivity index (χ1v) is 12.7. The molecule has 0 amide bonds. The van der Waals surface area contributed by atoms with Gasteiger partial charge in [0.25, 0.3) is 0 Å². The summed E-state index contributed by atoms with van der Waals surface area (Å²) < 4.78 is 33.2. The molecule has 2 aromatic rings. The molecule has 0 aliphatic heterocycles. The fourth-order valence-electron chi connectivity index (χ4n) is 5.37. The first-order valence-electron chi connectivity index (χ1n) is 11.3. The van der Waals surface area contributed by atoms with Gasteiger partial charge in [0.15, 0.2) is 0 Å². The van der Waals surface area contributed by atoms with Gasteiger partial charge in [-0.3, -0.25) is 0 Å². The van der Waals surface area contributed by atoms with Crippen LogP contribution in [-0.2, 0) is 10.3 Å². The third-order valence-corrected chi connectivity index (χ3v) is 7.12. The molecule has 0 unspecified atom stereocenters. The first-order chi connectivity index (χ1) is 14.4. The normalized spacial score (nSPS) is 20.0. The average Bonchev–Trinajstić information content (AvgIpc) is 3.11. The molecule has 2 N–H and O–H groups in total. The van der Waals surface area contributed by atoms with Gasteiger partial charge in [0.2, 0.25) is 0 Å². The molecule has 1 aromatic carbocycles. The van der Waals surface area contributed by atoms with E-state index in [1.807, 2.05) is 6.07 Å².